The molecule has 2 aromatic rings. The van der Waals surface area contributed by atoms with Crippen LogP contribution in [0.2, 0.25) is 0 Å². The van der Waals surface area contributed by atoms with Gasteiger partial charge in [0.25, 0.3) is 11.8 Å². The van der Waals surface area contributed by atoms with Crippen LogP contribution < -0.4 is 15.4 Å². The summed E-state index contributed by atoms with van der Waals surface area (Å²) >= 11 is 0. The first-order valence-electron chi connectivity index (χ1n) is 11.5. The lowest BCUT2D eigenvalue weighted by Gasteiger charge is -2.23. The van der Waals surface area contributed by atoms with Gasteiger partial charge in [0.05, 0.1) is 4.90 Å². The maximum Gasteiger partial charge on any atom is 0.255 e. The van der Waals surface area contributed by atoms with Gasteiger partial charge in [-0.1, -0.05) is 26.2 Å². The molecule has 0 aliphatic heterocycles. The lowest BCUT2D eigenvalue weighted by molar-refractivity contribution is 0.0927. The summed E-state index contributed by atoms with van der Waals surface area (Å²) in [6, 6.07) is 11.1. The normalized spacial score (nSPS) is 15.6. The number of carbonyl (C=O) groups is 2. The first kappa shape index (κ1) is 24.9. The molecular formula is C25H33N3O4S. The zero-order valence-electron chi connectivity index (χ0n) is 19.5. The highest BCUT2D eigenvalue weighted by Crippen LogP contribution is 2.21. The van der Waals surface area contributed by atoms with Crippen LogP contribution in [0.3, 0.4) is 0 Å². The highest BCUT2D eigenvalue weighted by atomic mass is 32.2. The van der Waals surface area contributed by atoms with Crippen molar-refractivity contribution in [1.82, 2.24) is 10.0 Å². The molecular weight excluding hydrogens is 438 g/mol. The molecule has 0 aromatic heterocycles. The monoisotopic (exact) mass is 471 g/mol. The standard InChI is InChI=1S/C25H33N3O4S/c1-4-18(3)28-33(31,32)22-13-10-19(11-14-22)24(29)27-23-15-12-20(16-17(23)2)25(30)26-21-8-6-5-7-9-21/h10-16,18,21,28H,4-9H2,1-3H3,(H,26,30)(H,27,29). The Labute approximate surface area is 196 Å². The average Bonchev–Trinajstić information content (AvgIpc) is 2.80. The minimum Gasteiger partial charge on any atom is -0.349 e. The molecule has 0 saturated heterocycles. The van der Waals surface area contributed by atoms with E-state index in [-0.39, 0.29) is 28.8 Å². The molecule has 0 bridgehead atoms. The molecule has 3 rings (SSSR count). The summed E-state index contributed by atoms with van der Waals surface area (Å²) < 4.78 is 27.4. The van der Waals surface area contributed by atoms with E-state index in [0.717, 1.165) is 31.2 Å². The molecule has 1 fully saturated rings. The van der Waals surface area contributed by atoms with Crippen LogP contribution in [0.1, 0.15) is 78.7 Å². The lowest BCUT2D eigenvalue weighted by atomic mass is 9.95. The third-order valence-corrected chi connectivity index (χ3v) is 7.68. The molecule has 1 atom stereocenters. The van der Waals surface area contributed by atoms with Crippen molar-refractivity contribution in [3.05, 3.63) is 59.2 Å². The predicted octanol–water partition coefficient (Wildman–Crippen LogP) is 4.39. The third kappa shape index (κ3) is 6.65. The maximum atomic E-state index is 12.7. The molecule has 0 spiro atoms. The van der Waals surface area contributed by atoms with E-state index < -0.39 is 10.0 Å². The molecule has 0 heterocycles. The summed E-state index contributed by atoms with van der Waals surface area (Å²) in [7, 11) is -3.62. The fourth-order valence-electron chi connectivity index (χ4n) is 3.86. The van der Waals surface area contributed by atoms with E-state index in [1.807, 2.05) is 13.8 Å². The number of aryl methyl sites for hydroxylation is 1. The largest absolute Gasteiger partial charge is 0.349 e. The zero-order valence-corrected chi connectivity index (χ0v) is 20.3. The second-order valence-corrected chi connectivity index (χ2v) is 10.5. The summed E-state index contributed by atoms with van der Waals surface area (Å²) in [5, 5.41) is 5.94. The highest BCUT2D eigenvalue weighted by molar-refractivity contribution is 7.89. The van der Waals surface area contributed by atoms with Gasteiger partial charge in [-0.25, -0.2) is 13.1 Å². The van der Waals surface area contributed by atoms with Gasteiger partial charge in [-0.05, 0) is 81.1 Å². The number of carbonyl (C=O) groups excluding carboxylic acids is 2. The van der Waals surface area contributed by atoms with Crippen molar-refractivity contribution in [3.63, 3.8) is 0 Å². The minimum absolute atomic E-state index is 0.0920. The van der Waals surface area contributed by atoms with Gasteiger partial charge < -0.3 is 10.6 Å². The Morgan fingerprint density at radius 1 is 0.970 bits per heavy atom. The number of rotatable bonds is 8. The number of hydrogen-bond donors (Lipinski definition) is 3. The van der Waals surface area contributed by atoms with E-state index in [1.165, 1.54) is 30.7 Å². The number of benzene rings is 2. The third-order valence-electron chi connectivity index (χ3n) is 6.07. The topological polar surface area (TPSA) is 104 Å². The Hall–Kier alpha value is -2.71. The Balaban J connectivity index is 1.64. The molecule has 178 valence electrons. The SMILES string of the molecule is CCC(C)NS(=O)(=O)c1ccc(C(=O)Nc2ccc(C(=O)NC3CCCCC3)cc2C)cc1. The summed E-state index contributed by atoms with van der Waals surface area (Å²) in [6.45, 7) is 5.54. The summed E-state index contributed by atoms with van der Waals surface area (Å²) in [5.74, 6) is -0.443. The average molecular weight is 472 g/mol. The molecule has 33 heavy (non-hydrogen) atoms. The Bertz CT molecular complexity index is 1090. The van der Waals surface area contributed by atoms with Crippen molar-refractivity contribution in [2.45, 2.75) is 76.3 Å². The van der Waals surface area contributed by atoms with Crippen LogP contribution in [0.4, 0.5) is 5.69 Å². The molecule has 1 aliphatic rings. The molecule has 1 unspecified atom stereocenters. The second-order valence-electron chi connectivity index (χ2n) is 8.75. The van der Waals surface area contributed by atoms with Crippen molar-refractivity contribution >= 4 is 27.5 Å². The van der Waals surface area contributed by atoms with Crippen molar-refractivity contribution < 1.29 is 18.0 Å². The number of anilines is 1. The Kier molecular flexibility index (Phi) is 8.26. The molecule has 2 amide bonds. The first-order chi connectivity index (χ1) is 15.7. The van der Waals surface area contributed by atoms with E-state index in [4.69, 9.17) is 0 Å². The Morgan fingerprint density at radius 3 is 2.21 bits per heavy atom. The molecule has 3 N–H and O–H groups in total. The molecule has 8 heteroatoms. The first-order valence-corrected chi connectivity index (χ1v) is 13.0. The molecule has 7 nitrogen and oxygen atoms in total. The van der Waals surface area contributed by atoms with E-state index in [1.54, 1.807) is 25.1 Å². The van der Waals surface area contributed by atoms with Gasteiger partial charge in [0.15, 0.2) is 0 Å². The van der Waals surface area contributed by atoms with Crippen LogP contribution in [0.5, 0.6) is 0 Å². The zero-order chi connectivity index (χ0) is 24.0. The van der Waals surface area contributed by atoms with Crippen LogP contribution in [-0.4, -0.2) is 32.3 Å². The van der Waals surface area contributed by atoms with Crippen LogP contribution >= 0.6 is 0 Å². The molecule has 1 saturated carbocycles. The highest BCUT2D eigenvalue weighted by Gasteiger charge is 2.19. The smallest absolute Gasteiger partial charge is 0.255 e. The maximum absolute atomic E-state index is 12.7. The van der Waals surface area contributed by atoms with Gasteiger partial charge >= 0.3 is 0 Å². The number of hydrogen-bond acceptors (Lipinski definition) is 4. The van der Waals surface area contributed by atoms with Gasteiger partial charge in [-0.3, -0.25) is 9.59 Å². The summed E-state index contributed by atoms with van der Waals surface area (Å²) in [6.07, 6.45) is 6.25. The summed E-state index contributed by atoms with van der Waals surface area (Å²) in [4.78, 5) is 25.4. The van der Waals surface area contributed by atoms with Gasteiger partial charge in [0, 0.05) is 28.9 Å². The second kappa shape index (κ2) is 10.9. The molecule has 1 aliphatic carbocycles. The van der Waals surface area contributed by atoms with Crippen molar-refractivity contribution in [3.8, 4) is 0 Å². The van der Waals surface area contributed by atoms with Gasteiger partial charge in [-0.2, -0.15) is 0 Å². The van der Waals surface area contributed by atoms with Crippen LogP contribution in [0, 0.1) is 6.92 Å². The van der Waals surface area contributed by atoms with Crippen molar-refractivity contribution in [2.75, 3.05) is 5.32 Å². The number of amides is 2. The van der Waals surface area contributed by atoms with Gasteiger partial charge in [0.2, 0.25) is 10.0 Å². The van der Waals surface area contributed by atoms with Crippen LogP contribution in [0.15, 0.2) is 47.4 Å². The van der Waals surface area contributed by atoms with E-state index in [0.29, 0.717) is 23.2 Å². The van der Waals surface area contributed by atoms with Crippen molar-refractivity contribution in [2.24, 2.45) is 0 Å². The van der Waals surface area contributed by atoms with Crippen LogP contribution in [0.25, 0.3) is 0 Å². The fourth-order valence-corrected chi connectivity index (χ4v) is 5.18. The number of nitrogens with one attached hydrogen (secondary N) is 3. The lowest BCUT2D eigenvalue weighted by Crippen LogP contribution is -2.36. The van der Waals surface area contributed by atoms with Gasteiger partial charge in [-0.15, -0.1) is 0 Å². The fraction of sp³-hybridized carbons (Fsp3) is 0.440. The van der Waals surface area contributed by atoms with Gasteiger partial charge in [0.1, 0.15) is 0 Å². The van der Waals surface area contributed by atoms with E-state index in [2.05, 4.69) is 15.4 Å². The van der Waals surface area contributed by atoms with Crippen molar-refractivity contribution in [1.29, 1.82) is 0 Å². The van der Waals surface area contributed by atoms with E-state index >= 15 is 0 Å². The summed E-state index contributed by atoms with van der Waals surface area (Å²) in [5.41, 5.74) is 2.29. The van der Waals surface area contributed by atoms with E-state index in [9.17, 15) is 18.0 Å². The predicted molar refractivity (Wildman–Crippen MR) is 130 cm³/mol. The van der Waals surface area contributed by atoms with Crippen LogP contribution in [-0.2, 0) is 10.0 Å². The quantitative estimate of drug-likeness (QED) is 0.531. The molecule has 2 aromatic carbocycles. The Morgan fingerprint density at radius 2 is 1.61 bits per heavy atom. The molecule has 0 radical (unpaired) electrons. The minimum atomic E-state index is -3.62. The number of sulfonamides is 1.